The molecule has 1 aromatic rings. The molecule has 0 heterocycles. The maximum Gasteiger partial charge on any atom is 0.171 e. The number of methoxy groups -OCH3 is 1. The van der Waals surface area contributed by atoms with Crippen LogP contribution < -0.4 is 0 Å². The summed E-state index contributed by atoms with van der Waals surface area (Å²) in [7, 11) is 0.197. The van der Waals surface area contributed by atoms with Crippen molar-refractivity contribution in [1.29, 1.82) is 0 Å². The highest BCUT2D eigenvalue weighted by Crippen LogP contribution is 2.12. The van der Waals surface area contributed by atoms with Gasteiger partial charge in [0.25, 0.3) is 0 Å². The fourth-order valence-corrected chi connectivity index (χ4v) is 2.43. The van der Waals surface area contributed by atoms with Gasteiger partial charge in [0.2, 0.25) is 0 Å². The Morgan fingerprint density at radius 3 is 2.67 bits per heavy atom. The summed E-state index contributed by atoms with van der Waals surface area (Å²) in [6.45, 7) is 1.91. The second-order valence-corrected chi connectivity index (χ2v) is 4.65. The molecule has 1 aromatic carbocycles. The quantitative estimate of drug-likeness (QED) is 0.760. The summed E-state index contributed by atoms with van der Waals surface area (Å²) >= 11 is 0. The number of rotatable bonds is 5. The van der Waals surface area contributed by atoms with E-state index in [-0.39, 0.29) is 18.1 Å². The molecule has 0 aromatic heterocycles. The maximum absolute atomic E-state index is 11.8. The summed E-state index contributed by atoms with van der Waals surface area (Å²) in [5.41, 5.74) is 0.945. The molecule has 0 saturated heterocycles. The lowest BCUT2D eigenvalue weighted by molar-refractivity contribution is -0.120. The van der Waals surface area contributed by atoms with Crippen molar-refractivity contribution in [2.24, 2.45) is 0 Å². The van der Waals surface area contributed by atoms with Crippen molar-refractivity contribution in [1.82, 2.24) is 0 Å². The number of aryl methyl sites for hydroxylation is 1. The van der Waals surface area contributed by atoms with Crippen LogP contribution in [0.15, 0.2) is 29.2 Å². The van der Waals surface area contributed by atoms with E-state index in [4.69, 9.17) is 0 Å². The molecule has 0 amide bonds. The van der Waals surface area contributed by atoms with Gasteiger partial charge in [0.05, 0.1) is 16.6 Å². The van der Waals surface area contributed by atoms with E-state index in [2.05, 4.69) is 4.74 Å². The van der Waals surface area contributed by atoms with Crippen LogP contribution >= 0.6 is 0 Å². The lowest BCUT2D eigenvalue weighted by Gasteiger charge is -2.04. The van der Waals surface area contributed by atoms with Gasteiger partial charge in [-0.1, -0.05) is 18.2 Å². The Labute approximate surface area is 91.9 Å². The number of ketones is 1. The van der Waals surface area contributed by atoms with E-state index >= 15 is 0 Å². The van der Waals surface area contributed by atoms with Crippen molar-refractivity contribution in [2.45, 2.75) is 11.8 Å². The van der Waals surface area contributed by atoms with Gasteiger partial charge in [-0.05, 0) is 18.6 Å². The van der Waals surface area contributed by atoms with Crippen molar-refractivity contribution >= 4 is 16.6 Å². The molecule has 0 saturated carbocycles. The highest BCUT2D eigenvalue weighted by Gasteiger charge is 2.11. The van der Waals surface area contributed by atoms with Crippen LogP contribution in [0.1, 0.15) is 5.56 Å². The number of ether oxygens (including phenoxy) is 1. The second-order valence-electron chi connectivity index (χ2n) is 3.23. The summed E-state index contributed by atoms with van der Waals surface area (Å²) in [5.74, 6) is -0.113. The van der Waals surface area contributed by atoms with Gasteiger partial charge in [-0.15, -0.1) is 0 Å². The minimum Gasteiger partial charge on any atom is -0.377 e. The fraction of sp³-hybridized carbons (Fsp3) is 0.364. The van der Waals surface area contributed by atoms with Crippen LogP contribution in [-0.2, 0) is 20.3 Å². The molecular formula is C11H14O3S. The predicted molar refractivity (Wildman–Crippen MR) is 59.3 cm³/mol. The summed E-state index contributed by atoms with van der Waals surface area (Å²) in [4.78, 5) is 11.9. The van der Waals surface area contributed by atoms with Gasteiger partial charge in [-0.25, -0.2) is 0 Å². The molecule has 0 N–H and O–H groups in total. The van der Waals surface area contributed by atoms with Gasteiger partial charge in [-0.3, -0.25) is 9.00 Å². The molecule has 0 bridgehead atoms. The van der Waals surface area contributed by atoms with Gasteiger partial charge >= 0.3 is 0 Å². The van der Waals surface area contributed by atoms with Crippen LogP contribution in [0.3, 0.4) is 0 Å². The molecule has 15 heavy (non-hydrogen) atoms. The number of hydrogen-bond donors (Lipinski definition) is 0. The van der Waals surface area contributed by atoms with E-state index in [1.807, 2.05) is 25.1 Å². The molecule has 1 unspecified atom stereocenters. The van der Waals surface area contributed by atoms with Crippen LogP contribution in [0.4, 0.5) is 0 Å². The van der Waals surface area contributed by atoms with Gasteiger partial charge in [0.15, 0.2) is 5.78 Å². The van der Waals surface area contributed by atoms with Crippen molar-refractivity contribution in [3.8, 4) is 0 Å². The number of benzene rings is 1. The van der Waals surface area contributed by atoms with Crippen LogP contribution in [0.2, 0.25) is 0 Å². The lowest BCUT2D eigenvalue weighted by atomic mass is 10.2. The van der Waals surface area contributed by atoms with E-state index in [9.17, 15) is 9.00 Å². The van der Waals surface area contributed by atoms with Crippen molar-refractivity contribution < 1.29 is 13.7 Å². The molecule has 1 atom stereocenters. The van der Waals surface area contributed by atoms with Crippen LogP contribution in [0, 0.1) is 6.92 Å². The van der Waals surface area contributed by atoms with Crippen LogP contribution in [-0.4, -0.2) is 29.5 Å². The smallest absolute Gasteiger partial charge is 0.171 e. The van der Waals surface area contributed by atoms with Crippen LogP contribution in [0.5, 0.6) is 0 Å². The summed E-state index contributed by atoms with van der Waals surface area (Å²) in [6, 6.07) is 7.37. The predicted octanol–water partition coefficient (Wildman–Crippen LogP) is 1.32. The second kappa shape index (κ2) is 5.78. The van der Waals surface area contributed by atoms with Crippen molar-refractivity contribution in [2.75, 3.05) is 19.5 Å². The molecule has 0 aliphatic rings. The average molecular weight is 226 g/mol. The van der Waals surface area contributed by atoms with Gasteiger partial charge in [0, 0.05) is 12.0 Å². The van der Waals surface area contributed by atoms with Crippen molar-refractivity contribution in [3.63, 3.8) is 0 Å². The normalized spacial score (nSPS) is 12.4. The molecule has 4 heteroatoms. The third-order valence-electron chi connectivity index (χ3n) is 1.94. The minimum atomic E-state index is -1.26. The first kappa shape index (κ1) is 12.1. The van der Waals surface area contributed by atoms with E-state index in [0.717, 1.165) is 10.5 Å². The SMILES string of the molecule is COCC(=O)CS(=O)c1ccccc1C. The molecular weight excluding hydrogens is 212 g/mol. The Bertz CT molecular complexity index is 374. The Balaban J connectivity index is 2.70. The Morgan fingerprint density at radius 2 is 2.07 bits per heavy atom. The standard InChI is InChI=1S/C11H14O3S/c1-9-5-3-4-6-11(9)15(13)8-10(12)7-14-2/h3-6H,7-8H2,1-2H3. The average Bonchev–Trinajstić information content (AvgIpc) is 2.18. The van der Waals surface area contributed by atoms with E-state index in [0.29, 0.717) is 0 Å². The largest absolute Gasteiger partial charge is 0.377 e. The van der Waals surface area contributed by atoms with Crippen molar-refractivity contribution in [3.05, 3.63) is 29.8 Å². The first-order chi connectivity index (χ1) is 7.15. The first-order valence-corrected chi connectivity index (χ1v) is 5.91. The zero-order valence-electron chi connectivity index (χ0n) is 8.86. The van der Waals surface area contributed by atoms with Gasteiger partial charge in [0.1, 0.15) is 6.61 Å². The molecule has 82 valence electrons. The monoisotopic (exact) mass is 226 g/mol. The Kier molecular flexibility index (Phi) is 4.65. The third kappa shape index (κ3) is 3.57. The number of Topliss-reactive ketones (excluding diaryl/α,β-unsaturated/α-hetero) is 1. The minimum absolute atomic E-state index is 0.0254. The highest BCUT2D eigenvalue weighted by molar-refractivity contribution is 7.85. The zero-order chi connectivity index (χ0) is 11.3. The molecule has 3 nitrogen and oxygen atoms in total. The first-order valence-electron chi connectivity index (χ1n) is 4.59. The molecule has 0 spiro atoms. The summed E-state index contributed by atoms with van der Waals surface area (Å²) < 4.78 is 16.5. The summed E-state index contributed by atoms with van der Waals surface area (Å²) in [5, 5.41) is 0. The molecule has 0 fully saturated rings. The fourth-order valence-electron chi connectivity index (χ4n) is 1.24. The van der Waals surface area contributed by atoms with E-state index in [1.165, 1.54) is 7.11 Å². The Hall–Kier alpha value is -1.00. The van der Waals surface area contributed by atoms with E-state index in [1.54, 1.807) is 6.07 Å². The van der Waals surface area contributed by atoms with Crippen LogP contribution in [0.25, 0.3) is 0 Å². The topological polar surface area (TPSA) is 43.4 Å². The Morgan fingerprint density at radius 1 is 1.40 bits per heavy atom. The number of hydrogen-bond acceptors (Lipinski definition) is 3. The zero-order valence-corrected chi connectivity index (χ0v) is 9.67. The molecule has 0 radical (unpaired) electrons. The van der Waals surface area contributed by atoms with E-state index < -0.39 is 10.8 Å². The van der Waals surface area contributed by atoms with Gasteiger partial charge in [-0.2, -0.15) is 0 Å². The number of carbonyl (C=O) groups is 1. The summed E-state index contributed by atoms with van der Waals surface area (Å²) in [6.07, 6.45) is 0. The third-order valence-corrected chi connectivity index (χ3v) is 3.47. The molecule has 0 aliphatic carbocycles. The maximum atomic E-state index is 11.8. The van der Waals surface area contributed by atoms with Gasteiger partial charge < -0.3 is 4.74 Å². The lowest BCUT2D eigenvalue weighted by Crippen LogP contribution is -2.16. The molecule has 0 aliphatic heterocycles. The molecule has 1 rings (SSSR count). The number of carbonyl (C=O) groups excluding carboxylic acids is 1. The highest BCUT2D eigenvalue weighted by atomic mass is 32.2.